The molecule has 3 nitrogen and oxygen atoms in total. The topological polar surface area (TPSA) is 24.5 Å². The van der Waals surface area contributed by atoms with E-state index in [1.54, 1.807) is 0 Å². The van der Waals surface area contributed by atoms with Crippen LogP contribution in [-0.4, -0.2) is 49.8 Å². The fourth-order valence-electron chi connectivity index (χ4n) is 3.46. The lowest BCUT2D eigenvalue weighted by molar-refractivity contribution is -0.0343. The molecule has 1 fully saturated rings. The lowest BCUT2D eigenvalue weighted by Crippen LogP contribution is -2.61. The summed E-state index contributed by atoms with van der Waals surface area (Å²) in [5.74, 6) is 0.800. The van der Waals surface area contributed by atoms with Gasteiger partial charge in [-0.1, -0.05) is 33.6 Å². The van der Waals surface area contributed by atoms with E-state index in [0.29, 0.717) is 6.04 Å². The molecule has 0 bridgehead atoms. The number of hydrogen-bond donors (Lipinski definition) is 1. The molecule has 0 spiro atoms. The molecule has 0 aromatic rings. The molecule has 0 saturated carbocycles. The third kappa shape index (κ3) is 4.44. The number of nitrogens with one attached hydrogen (secondary N) is 1. The van der Waals surface area contributed by atoms with E-state index in [9.17, 15) is 0 Å². The lowest BCUT2D eigenvalue weighted by atomic mass is 9.81. The summed E-state index contributed by atoms with van der Waals surface area (Å²) in [7, 11) is 2.12. The average Bonchev–Trinajstić information content (AvgIpc) is 2.45. The summed E-state index contributed by atoms with van der Waals surface area (Å²) in [5.41, 5.74) is 0.251. The summed E-state index contributed by atoms with van der Waals surface area (Å²) in [6, 6.07) is 0.567. The standard InChI is InChI=1S/C16H34N2O/c1-6-8-14(3)13-15(17-5)16(4,7-2)18-9-11-19-12-10-18/h14-15,17H,6-13H2,1-5H3. The molecular weight excluding hydrogens is 236 g/mol. The van der Waals surface area contributed by atoms with Crippen LogP contribution in [0.3, 0.4) is 0 Å². The molecule has 1 rings (SSSR count). The fraction of sp³-hybridized carbons (Fsp3) is 1.00. The molecule has 1 heterocycles. The van der Waals surface area contributed by atoms with E-state index < -0.39 is 0 Å². The van der Waals surface area contributed by atoms with Crippen LogP contribution in [0.5, 0.6) is 0 Å². The summed E-state index contributed by atoms with van der Waals surface area (Å²) in [6.07, 6.45) is 5.09. The minimum atomic E-state index is 0.251. The van der Waals surface area contributed by atoms with Crippen molar-refractivity contribution in [1.29, 1.82) is 0 Å². The maximum absolute atomic E-state index is 5.51. The molecule has 0 aromatic carbocycles. The van der Waals surface area contributed by atoms with Crippen molar-refractivity contribution in [3.05, 3.63) is 0 Å². The summed E-state index contributed by atoms with van der Waals surface area (Å²) >= 11 is 0. The number of nitrogens with zero attached hydrogens (tertiary/aromatic N) is 1. The van der Waals surface area contributed by atoms with Gasteiger partial charge in [-0.05, 0) is 32.7 Å². The van der Waals surface area contributed by atoms with Gasteiger partial charge in [-0.2, -0.15) is 0 Å². The van der Waals surface area contributed by atoms with E-state index in [-0.39, 0.29) is 5.54 Å². The van der Waals surface area contributed by atoms with Gasteiger partial charge < -0.3 is 10.1 Å². The summed E-state index contributed by atoms with van der Waals surface area (Å²) < 4.78 is 5.51. The molecule has 1 N–H and O–H groups in total. The van der Waals surface area contributed by atoms with Crippen molar-refractivity contribution in [3.63, 3.8) is 0 Å². The number of likely N-dealkylation sites (N-methyl/N-ethyl adjacent to an activating group) is 1. The van der Waals surface area contributed by atoms with Crippen LogP contribution in [-0.2, 0) is 4.74 Å². The van der Waals surface area contributed by atoms with Gasteiger partial charge in [0.25, 0.3) is 0 Å². The predicted octanol–water partition coefficient (Wildman–Crippen LogP) is 2.90. The van der Waals surface area contributed by atoms with E-state index in [0.717, 1.165) is 32.2 Å². The second-order valence-corrected chi connectivity index (χ2v) is 6.28. The Bertz CT molecular complexity index is 241. The zero-order valence-electron chi connectivity index (χ0n) is 13.7. The first-order valence-corrected chi connectivity index (χ1v) is 8.08. The molecule has 19 heavy (non-hydrogen) atoms. The van der Waals surface area contributed by atoms with Crippen molar-refractivity contribution in [2.45, 2.75) is 65.0 Å². The fourth-order valence-corrected chi connectivity index (χ4v) is 3.46. The van der Waals surface area contributed by atoms with Gasteiger partial charge in [0, 0.05) is 24.7 Å². The number of rotatable bonds is 8. The molecule has 0 amide bonds. The van der Waals surface area contributed by atoms with Gasteiger partial charge in [0.1, 0.15) is 0 Å². The average molecular weight is 270 g/mol. The zero-order valence-corrected chi connectivity index (χ0v) is 13.7. The monoisotopic (exact) mass is 270 g/mol. The van der Waals surface area contributed by atoms with Gasteiger partial charge in [0.05, 0.1) is 13.2 Å². The van der Waals surface area contributed by atoms with Crippen LogP contribution in [0.4, 0.5) is 0 Å². The van der Waals surface area contributed by atoms with Crippen LogP contribution in [0.2, 0.25) is 0 Å². The summed E-state index contributed by atoms with van der Waals surface area (Å²) in [5, 5.41) is 3.60. The Balaban J connectivity index is 2.71. The predicted molar refractivity (Wildman–Crippen MR) is 82.6 cm³/mol. The van der Waals surface area contributed by atoms with Crippen molar-refractivity contribution >= 4 is 0 Å². The minimum absolute atomic E-state index is 0.251. The van der Waals surface area contributed by atoms with Gasteiger partial charge in [-0.15, -0.1) is 0 Å². The number of ether oxygens (including phenoxy) is 1. The van der Waals surface area contributed by atoms with E-state index in [2.05, 4.69) is 45.0 Å². The first-order valence-electron chi connectivity index (χ1n) is 8.08. The van der Waals surface area contributed by atoms with Crippen molar-refractivity contribution in [3.8, 4) is 0 Å². The SMILES string of the molecule is CCCC(C)CC(NC)C(C)(CC)N1CCOCC1. The van der Waals surface area contributed by atoms with E-state index in [1.807, 2.05) is 0 Å². The highest BCUT2D eigenvalue weighted by Crippen LogP contribution is 2.29. The highest BCUT2D eigenvalue weighted by molar-refractivity contribution is 4.97. The van der Waals surface area contributed by atoms with Gasteiger partial charge in [0.2, 0.25) is 0 Å². The Labute approximate surface area is 120 Å². The van der Waals surface area contributed by atoms with Crippen molar-refractivity contribution in [1.82, 2.24) is 10.2 Å². The second-order valence-electron chi connectivity index (χ2n) is 6.28. The Hall–Kier alpha value is -0.120. The Morgan fingerprint density at radius 1 is 1.26 bits per heavy atom. The second kappa shape index (κ2) is 8.23. The van der Waals surface area contributed by atoms with E-state index in [1.165, 1.54) is 25.7 Å². The Morgan fingerprint density at radius 2 is 1.89 bits per heavy atom. The van der Waals surface area contributed by atoms with Crippen molar-refractivity contribution in [2.24, 2.45) is 5.92 Å². The largest absolute Gasteiger partial charge is 0.379 e. The molecule has 0 radical (unpaired) electrons. The van der Waals surface area contributed by atoms with Crippen LogP contribution >= 0.6 is 0 Å². The Kier molecular flexibility index (Phi) is 7.33. The molecule has 1 aliphatic rings. The molecular formula is C16H34N2O. The molecule has 1 saturated heterocycles. The van der Waals surface area contributed by atoms with Crippen LogP contribution in [0, 0.1) is 5.92 Å². The van der Waals surface area contributed by atoms with Gasteiger partial charge in [-0.3, -0.25) is 4.90 Å². The normalized spacial score (nSPS) is 23.8. The molecule has 3 unspecified atom stereocenters. The van der Waals surface area contributed by atoms with Crippen LogP contribution in [0.1, 0.15) is 53.4 Å². The molecule has 114 valence electrons. The zero-order chi connectivity index (χ0) is 14.3. The van der Waals surface area contributed by atoms with Gasteiger partial charge in [0.15, 0.2) is 0 Å². The van der Waals surface area contributed by atoms with Crippen molar-refractivity contribution < 1.29 is 4.74 Å². The van der Waals surface area contributed by atoms with Gasteiger partial charge in [-0.25, -0.2) is 0 Å². The lowest BCUT2D eigenvalue weighted by Gasteiger charge is -2.48. The first-order chi connectivity index (χ1) is 9.08. The summed E-state index contributed by atoms with van der Waals surface area (Å²) in [4.78, 5) is 2.64. The minimum Gasteiger partial charge on any atom is -0.379 e. The van der Waals surface area contributed by atoms with E-state index >= 15 is 0 Å². The van der Waals surface area contributed by atoms with Crippen LogP contribution in [0.25, 0.3) is 0 Å². The first kappa shape index (κ1) is 16.9. The highest BCUT2D eigenvalue weighted by Gasteiger charge is 2.38. The summed E-state index contributed by atoms with van der Waals surface area (Å²) in [6.45, 7) is 13.3. The third-order valence-corrected chi connectivity index (χ3v) is 4.97. The number of morpholine rings is 1. The highest BCUT2D eigenvalue weighted by atomic mass is 16.5. The molecule has 3 heteroatoms. The van der Waals surface area contributed by atoms with Crippen molar-refractivity contribution in [2.75, 3.05) is 33.4 Å². The van der Waals surface area contributed by atoms with E-state index in [4.69, 9.17) is 4.74 Å². The number of hydrogen-bond acceptors (Lipinski definition) is 3. The maximum atomic E-state index is 5.51. The molecule has 0 aliphatic carbocycles. The van der Waals surface area contributed by atoms with Gasteiger partial charge >= 0.3 is 0 Å². The molecule has 3 atom stereocenters. The Morgan fingerprint density at radius 3 is 2.37 bits per heavy atom. The maximum Gasteiger partial charge on any atom is 0.0594 e. The quantitative estimate of drug-likeness (QED) is 0.734. The molecule has 1 aliphatic heterocycles. The smallest absolute Gasteiger partial charge is 0.0594 e. The molecule has 0 aromatic heterocycles. The van der Waals surface area contributed by atoms with Crippen LogP contribution < -0.4 is 5.32 Å². The van der Waals surface area contributed by atoms with Crippen LogP contribution in [0.15, 0.2) is 0 Å². The third-order valence-electron chi connectivity index (χ3n) is 4.97.